The first-order valence-electron chi connectivity index (χ1n) is 8.60. The fourth-order valence-corrected chi connectivity index (χ4v) is 3.04. The number of halogens is 1. The van der Waals surface area contributed by atoms with Gasteiger partial charge in [-0.05, 0) is 12.5 Å². The number of aryl methyl sites for hydroxylation is 1. The van der Waals surface area contributed by atoms with Crippen LogP contribution in [0.15, 0.2) is 58.8 Å². The second-order valence-corrected chi connectivity index (χ2v) is 8.41. The van der Waals surface area contributed by atoms with Gasteiger partial charge in [-0.15, -0.1) is 0 Å². The molecule has 0 bridgehead atoms. The molecule has 2 rings (SSSR count). The normalized spacial score (nSPS) is 12.5. The molecule has 154 valence electrons. The van der Waals surface area contributed by atoms with Crippen molar-refractivity contribution in [2.24, 2.45) is 10.3 Å². The van der Waals surface area contributed by atoms with Gasteiger partial charge in [-0.1, -0.05) is 77.3 Å². The summed E-state index contributed by atoms with van der Waals surface area (Å²) < 4.78 is 19.4. The van der Waals surface area contributed by atoms with E-state index in [2.05, 4.69) is 28.8 Å². The molecule has 0 amide bonds. The van der Waals surface area contributed by atoms with Gasteiger partial charge in [0, 0.05) is 16.7 Å². The van der Waals surface area contributed by atoms with Gasteiger partial charge in [-0.3, -0.25) is 0 Å². The number of alkyl halides is 1. The van der Waals surface area contributed by atoms with Crippen LogP contribution in [0.2, 0.25) is 0 Å². The van der Waals surface area contributed by atoms with Gasteiger partial charge in [0.15, 0.2) is 10.9 Å². The Hall–Kier alpha value is -2.36. The maximum absolute atomic E-state index is 14.6. The molecule has 9 heteroatoms. The number of carbonyl (C=O) groups excluding carboxylic acids is 1. The molecular weight excluding hydrogens is 413 g/mol. The van der Waals surface area contributed by atoms with Crippen LogP contribution in [-0.2, 0) is 25.8 Å². The number of carbonyl (C=O) groups is 1. The van der Waals surface area contributed by atoms with E-state index in [0.717, 1.165) is 5.56 Å². The summed E-state index contributed by atoms with van der Waals surface area (Å²) in [7, 11) is 6.76. The second kappa shape index (κ2) is 10.4. The Balaban J connectivity index is 2.38. The third kappa shape index (κ3) is 6.06. The van der Waals surface area contributed by atoms with E-state index < -0.39 is 11.1 Å². The minimum Gasteiger partial charge on any atom is -0.464 e. The first-order chi connectivity index (χ1) is 13.8. The molecule has 2 atom stereocenters. The van der Waals surface area contributed by atoms with Gasteiger partial charge in [0.1, 0.15) is 19.4 Å². The predicted molar refractivity (Wildman–Crippen MR) is 118 cm³/mol. The number of nitrogens with zero attached hydrogens (tertiary/aromatic N) is 2. The van der Waals surface area contributed by atoms with Crippen LogP contribution in [0.4, 0.5) is 4.39 Å². The number of hydrogen-bond donors (Lipinski definition) is 0. The lowest BCUT2D eigenvalue weighted by atomic mass is 9.99. The summed E-state index contributed by atoms with van der Waals surface area (Å²) in [4.78, 5) is 22.4. The summed E-state index contributed by atoms with van der Waals surface area (Å²) >= 11 is 0. The average Bonchev–Trinajstić information content (AvgIpc) is 2.69. The van der Waals surface area contributed by atoms with Crippen LogP contribution in [0.25, 0.3) is 0 Å². The highest BCUT2D eigenvalue weighted by Gasteiger charge is 2.27. The minimum atomic E-state index is -1.87. The molecule has 0 aliphatic carbocycles. The Morgan fingerprint density at radius 1 is 1.07 bits per heavy atom. The van der Waals surface area contributed by atoms with Crippen molar-refractivity contribution in [3.8, 4) is 0 Å². The zero-order valence-corrected chi connectivity index (χ0v) is 18.7. The van der Waals surface area contributed by atoms with Crippen molar-refractivity contribution in [1.82, 2.24) is 0 Å². The van der Waals surface area contributed by atoms with Crippen LogP contribution in [-0.4, -0.2) is 36.8 Å². The molecule has 0 spiro atoms. The number of rotatable bonds is 8. The molecule has 2 aromatic carbocycles. The van der Waals surface area contributed by atoms with E-state index in [1.165, 1.54) is 14.2 Å². The number of benzene rings is 2. The second-order valence-electron chi connectivity index (χ2n) is 6.06. The lowest BCUT2D eigenvalue weighted by molar-refractivity contribution is -0.132. The maximum Gasteiger partial charge on any atom is 0.360 e. The first kappa shape index (κ1) is 22.9. The van der Waals surface area contributed by atoms with Crippen molar-refractivity contribution < 1.29 is 23.6 Å². The summed E-state index contributed by atoms with van der Waals surface area (Å²) in [6.07, 6.45) is 0. The summed E-state index contributed by atoms with van der Waals surface area (Å²) in [5.74, 6) is -0.648. The monoisotopic (exact) mass is 436 g/mol. The van der Waals surface area contributed by atoms with E-state index in [0.29, 0.717) is 16.7 Å². The van der Waals surface area contributed by atoms with Crippen LogP contribution < -0.4 is 0 Å². The van der Waals surface area contributed by atoms with Gasteiger partial charge in [-0.25, -0.2) is 9.18 Å². The van der Waals surface area contributed by atoms with Gasteiger partial charge in [-0.2, -0.15) is 0 Å². The van der Waals surface area contributed by atoms with Crippen molar-refractivity contribution in [1.29, 1.82) is 0 Å². The Morgan fingerprint density at radius 3 is 2.34 bits per heavy atom. The molecule has 0 saturated heterocycles. The smallest absolute Gasteiger partial charge is 0.360 e. The number of hydrogen-bond acceptors (Lipinski definition) is 6. The number of oxime groups is 2. The first-order valence-corrected chi connectivity index (χ1v) is 9.76. The van der Waals surface area contributed by atoms with Crippen molar-refractivity contribution >= 4 is 35.9 Å². The van der Waals surface area contributed by atoms with Gasteiger partial charge in [0.2, 0.25) is 0 Å². The largest absolute Gasteiger partial charge is 0.464 e. The molecule has 29 heavy (non-hydrogen) atoms. The van der Waals surface area contributed by atoms with Crippen LogP contribution in [0.5, 0.6) is 0 Å². The molecule has 0 aromatic heterocycles. The number of methoxy groups -OCH3 is 1. The molecule has 0 saturated carbocycles. The Labute approximate surface area is 173 Å². The third-order valence-electron chi connectivity index (χ3n) is 4.00. The Morgan fingerprint density at radius 2 is 1.76 bits per heavy atom. The lowest BCUT2D eigenvalue weighted by Gasteiger charge is -2.17. The minimum absolute atomic E-state index is 0.00138. The zero-order chi connectivity index (χ0) is 21.4. The molecule has 0 radical (unpaired) electrons. The van der Waals surface area contributed by atoms with Crippen molar-refractivity contribution in [3.05, 3.63) is 70.8 Å². The standard InChI is InChI=1S/C20H23FN2O4P2/c1-13-8-7-11-15(17(22-26-3)19(24)25-2)16(13)12-27-23-18(20(21,28)29)14-9-5-4-6-10-14/h4-11H,12,28-29H2,1-3H3/b22-17+,23-18-. The van der Waals surface area contributed by atoms with Gasteiger partial charge < -0.3 is 14.4 Å². The quantitative estimate of drug-likeness (QED) is 0.273. The lowest BCUT2D eigenvalue weighted by Crippen LogP contribution is -2.21. The predicted octanol–water partition coefficient (Wildman–Crippen LogP) is 3.81. The molecule has 0 N–H and O–H groups in total. The topological polar surface area (TPSA) is 69.5 Å². The van der Waals surface area contributed by atoms with Crippen molar-refractivity contribution in [2.75, 3.05) is 14.2 Å². The van der Waals surface area contributed by atoms with E-state index in [4.69, 9.17) is 14.4 Å². The van der Waals surface area contributed by atoms with E-state index in [-0.39, 0.29) is 18.0 Å². The molecule has 6 nitrogen and oxygen atoms in total. The zero-order valence-electron chi connectivity index (χ0n) is 16.4. The van der Waals surface area contributed by atoms with Gasteiger partial charge in [0.25, 0.3) is 0 Å². The third-order valence-corrected chi connectivity index (χ3v) is 4.55. The van der Waals surface area contributed by atoms with E-state index >= 15 is 0 Å². The Kier molecular flexibility index (Phi) is 8.24. The summed E-state index contributed by atoms with van der Waals surface area (Å²) in [5.41, 5.74) is 2.67. The number of ether oxygens (including phenoxy) is 1. The van der Waals surface area contributed by atoms with Gasteiger partial charge >= 0.3 is 5.97 Å². The molecular formula is C20H23FN2O4P2. The molecule has 0 aliphatic heterocycles. The molecule has 0 aliphatic rings. The van der Waals surface area contributed by atoms with Crippen LogP contribution in [0.1, 0.15) is 22.3 Å². The Bertz CT molecular complexity index is 912. The van der Waals surface area contributed by atoms with Crippen molar-refractivity contribution in [2.45, 2.75) is 18.7 Å². The van der Waals surface area contributed by atoms with Crippen LogP contribution >= 0.6 is 18.5 Å². The molecule has 0 heterocycles. The highest BCUT2D eigenvalue weighted by atomic mass is 31.1. The van der Waals surface area contributed by atoms with Crippen LogP contribution in [0, 0.1) is 6.92 Å². The summed E-state index contributed by atoms with van der Waals surface area (Å²) in [6.45, 7) is 1.85. The van der Waals surface area contributed by atoms with E-state index in [1.54, 1.807) is 36.4 Å². The van der Waals surface area contributed by atoms with Gasteiger partial charge in [0.05, 0.1) is 7.11 Å². The highest BCUT2D eigenvalue weighted by Crippen LogP contribution is 2.33. The maximum atomic E-state index is 14.6. The fraction of sp³-hybridized carbons (Fsp3) is 0.250. The van der Waals surface area contributed by atoms with E-state index in [1.807, 2.05) is 19.1 Å². The van der Waals surface area contributed by atoms with Crippen molar-refractivity contribution in [3.63, 3.8) is 0 Å². The fourth-order valence-electron chi connectivity index (χ4n) is 2.60. The molecule has 0 fully saturated rings. The average molecular weight is 436 g/mol. The van der Waals surface area contributed by atoms with E-state index in [9.17, 15) is 9.18 Å². The molecule has 2 aromatic rings. The van der Waals surface area contributed by atoms with Crippen LogP contribution in [0.3, 0.4) is 0 Å². The number of esters is 1. The summed E-state index contributed by atoms with van der Waals surface area (Å²) in [5, 5.41) is 5.94. The highest BCUT2D eigenvalue weighted by molar-refractivity contribution is 7.42. The summed E-state index contributed by atoms with van der Waals surface area (Å²) in [6, 6.07) is 14.2. The SMILES string of the molecule is CO/N=C(/C(=O)OC)c1cccc(C)c1CO/N=C(/c1ccccc1)C(F)(P)P. The molecule has 2 unspecified atom stereocenters.